The molecule has 1 aliphatic heterocycles. The maximum absolute atomic E-state index is 13.2. The Balaban J connectivity index is 1.72. The summed E-state index contributed by atoms with van der Waals surface area (Å²) in [5.74, 6) is -0.741. The third-order valence-electron chi connectivity index (χ3n) is 5.15. The molecule has 146 valence electrons. The number of carbonyl (C=O) groups excluding carboxylic acids is 1. The van der Waals surface area contributed by atoms with Crippen LogP contribution in [0.1, 0.15) is 28.0 Å². The molecular formula is C21H22FN3O3. The Morgan fingerprint density at radius 3 is 2.79 bits per heavy atom. The van der Waals surface area contributed by atoms with Gasteiger partial charge in [-0.25, -0.2) is 14.2 Å². The molecule has 0 unspecified atom stereocenters. The summed E-state index contributed by atoms with van der Waals surface area (Å²) in [5.41, 5.74) is 3.18. The fourth-order valence-electron chi connectivity index (χ4n) is 3.72. The van der Waals surface area contributed by atoms with E-state index in [1.165, 1.54) is 19.2 Å². The number of ether oxygens (including phenoxy) is 1. The number of hydrogen-bond acceptors (Lipinski definition) is 5. The Morgan fingerprint density at radius 2 is 2.11 bits per heavy atom. The third kappa shape index (κ3) is 3.76. The smallest absolute Gasteiger partial charge is 0.356 e. The average molecular weight is 383 g/mol. The quantitative estimate of drug-likeness (QED) is 0.686. The lowest BCUT2D eigenvalue weighted by Crippen LogP contribution is -2.21. The van der Waals surface area contributed by atoms with E-state index in [0.717, 1.165) is 35.0 Å². The Kier molecular flexibility index (Phi) is 5.11. The van der Waals surface area contributed by atoms with Gasteiger partial charge in [0.05, 0.1) is 24.9 Å². The Morgan fingerprint density at radius 1 is 1.32 bits per heavy atom. The average Bonchev–Trinajstić information content (AvgIpc) is 3.26. The summed E-state index contributed by atoms with van der Waals surface area (Å²) in [4.78, 5) is 18.4. The molecule has 4 rings (SSSR count). The topological polar surface area (TPSA) is 67.6 Å². The number of esters is 1. The number of likely N-dealkylation sites (tertiary alicyclic amines) is 1. The first-order chi connectivity index (χ1) is 13.5. The van der Waals surface area contributed by atoms with Crippen LogP contribution in [0.2, 0.25) is 0 Å². The van der Waals surface area contributed by atoms with Gasteiger partial charge in [-0.3, -0.25) is 4.90 Å². The van der Waals surface area contributed by atoms with Gasteiger partial charge in [0.1, 0.15) is 11.5 Å². The third-order valence-corrected chi connectivity index (χ3v) is 5.15. The second kappa shape index (κ2) is 7.69. The highest BCUT2D eigenvalue weighted by atomic mass is 19.1. The van der Waals surface area contributed by atoms with Crippen molar-refractivity contribution in [1.82, 2.24) is 14.5 Å². The van der Waals surface area contributed by atoms with Gasteiger partial charge in [0.15, 0.2) is 0 Å². The van der Waals surface area contributed by atoms with Crippen LogP contribution in [-0.2, 0) is 17.8 Å². The summed E-state index contributed by atoms with van der Waals surface area (Å²) in [7, 11) is 1.33. The zero-order chi connectivity index (χ0) is 19.7. The lowest BCUT2D eigenvalue weighted by atomic mass is 10.1. The number of aromatic nitrogens is 2. The number of halogens is 1. The number of nitrogens with zero attached hydrogens (tertiary/aromatic N) is 3. The predicted octanol–water partition coefficient (Wildman–Crippen LogP) is 2.58. The van der Waals surface area contributed by atoms with Crippen molar-refractivity contribution < 1.29 is 19.0 Å². The monoisotopic (exact) mass is 383 g/mol. The first-order valence-corrected chi connectivity index (χ1v) is 9.24. The second-order valence-electron chi connectivity index (χ2n) is 7.16. The van der Waals surface area contributed by atoms with Gasteiger partial charge in [-0.05, 0) is 35.7 Å². The molecule has 7 heteroatoms. The number of fused-ring (bicyclic) bond motifs is 1. The number of rotatable bonds is 5. The fourth-order valence-corrected chi connectivity index (χ4v) is 3.72. The highest BCUT2D eigenvalue weighted by Gasteiger charge is 2.22. The number of aliphatic hydroxyl groups excluding tert-OH is 1. The van der Waals surface area contributed by atoms with Crippen molar-refractivity contribution in [2.75, 3.05) is 20.2 Å². The molecule has 3 aromatic rings. The van der Waals surface area contributed by atoms with E-state index in [1.54, 1.807) is 24.4 Å². The molecule has 0 bridgehead atoms. The lowest BCUT2D eigenvalue weighted by molar-refractivity contribution is 0.0594. The summed E-state index contributed by atoms with van der Waals surface area (Å²) < 4.78 is 20.1. The molecule has 0 saturated carbocycles. The van der Waals surface area contributed by atoms with Gasteiger partial charge in [0.2, 0.25) is 0 Å². The minimum Gasteiger partial charge on any atom is -0.464 e. The van der Waals surface area contributed by atoms with Gasteiger partial charge in [0, 0.05) is 37.8 Å². The van der Waals surface area contributed by atoms with Crippen molar-refractivity contribution in [1.29, 1.82) is 0 Å². The zero-order valence-corrected chi connectivity index (χ0v) is 15.6. The van der Waals surface area contributed by atoms with E-state index in [9.17, 15) is 14.3 Å². The molecule has 1 N–H and O–H groups in total. The Hall–Kier alpha value is -2.77. The van der Waals surface area contributed by atoms with Crippen LogP contribution in [0.25, 0.3) is 10.9 Å². The predicted molar refractivity (Wildman–Crippen MR) is 102 cm³/mol. The van der Waals surface area contributed by atoms with Gasteiger partial charge in [-0.15, -0.1) is 0 Å². The fraction of sp³-hybridized carbons (Fsp3) is 0.333. The molecule has 1 aromatic carbocycles. The number of pyridine rings is 1. The number of carbonyl (C=O) groups is 1. The molecular weight excluding hydrogens is 361 g/mol. The van der Waals surface area contributed by atoms with E-state index in [4.69, 9.17) is 4.74 Å². The molecule has 2 aromatic heterocycles. The Labute approximate surface area is 162 Å². The molecule has 6 nitrogen and oxygen atoms in total. The summed E-state index contributed by atoms with van der Waals surface area (Å²) in [6.45, 7) is 2.72. The molecule has 3 heterocycles. The highest BCUT2D eigenvalue weighted by Crippen LogP contribution is 2.26. The van der Waals surface area contributed by atoms with Crippen molar-refractivity contribution in [2.24, 2.45) is 0 Å². The first kappa shape index (κ1) is 18.6. The lowest BCUT2D eigenvalue weighted by Gasteiger charge is -2.14. The summed E-state index contributed by atoms with van der Waals surface area (Å²) >= 11 is 0. The van der Waals surface area contributed by atoms with E-state index in [1.807, 2.05) is 6.20 Å². The van der Waals surface area contributed by atoms with Gasteiger partial charge >= 0.3 is 5.97 Å². The van der Waals surface area contributed by atoms with Gasteiger partial charge < -0.3 is 14.4 Å². The van der Waals surface area contributed by atoms with Gasteiger partial charge in [0.25, 0.3) is 0 Å². The van der Waals surface area contributed by atoms with Crippen molar-refractivity contribution in [3.05, 3.63) is 65.4 Å². The normalized spacial score (nSPS) is 17.3. The number of aliphatic hydroxyl groups is 1. The number of hydrogen-bond donors (Lipinski definition) is 1. The molecule has 0 amide bonds. The van der Waals surface area contributed by atoms with Crippen LogP contribution in [0.5, 0.6) is 0 Å². The van der Waals surface area contributed by atoms with Crippen molar-refractivity contribution in [3.8, 4) is 0 Å². The van der Waals surface area contributed by atoms with E-state index < -0.39 is 5.97 Å². The molecule has 1 atom stereocenters. The molecule has 1 saturated heterocycles. The summed E-state index contributed by atoms with van der Waals surface area (Å²) in [6, 6.07) is 8.16. The maximum atomic E-state index is 13.2. The molecule has 1 fully saturated rings. The van der Waals surface area contributed by atoms with Crippen LogP contribution in [0.4, 0.5) is 4.39 Å². The molecule has 1 aliphatic rings. The van der Waals surface area contributed by atoms with Crippen LogP contribution in [-0.4, -0.2) is 51.8 Å². The van der Waals surface area contributed by atoms with Crippen molar-refractivity contribution >= 4 is 16.9 Å². The van der Waals surface area contributed by atoms with Crippen LogP contribution in [0.15, 0.2) is 42.7 Å². The second-order valence-corrected chi connectivity index (χ2v) is 7.16. The first-order valence-electron chi connectivity index (χ1n) is 9.24. The van der Waals surface area contributed by atoms with Gasteiger partial charge in [-0.2, -0.15) is 0 Å². The Bertz CT molecular complexity index is 1000. The highest BCUT2D eigenvalue weighted by molar-refractivity contribution is 5.93. The number of β-amino-alcohol motifs (C(OH)–C–C–N with tert-alkyl or cyclic N) is 1. The standard InChI is InChI=1S/C21H22FN3O3/c1-28-21(27)19-8-18-15(11-24-7-6-17(26)13-24)12-25(20(18)9-23-19)10-14-2-4-16(22)5-3-14/h2-5,8-9,12,17,26H,6-7,10-11,13H2,1H3/t17-/m0/s1. The van der Waals surface area contributed by atoms with E-state index in [2.05, 4.69) is 14.5 Å². The summed E-state index contributed by atoms with van der Waals surface area (Å²) in [5, 5.41) is 10.7. The van der Waals surface area contributed by atoms with E-state index >= 15 is 0 Å². The molecule has 0 radical (unpaired) electrons. The minimum atomic E-state index is -0.476. The summed E-state index contributed by atoms with van der Waals surface area (Å²) in [6.07, 6.45) is 4.19. The van der Waals surface area contributed by atoms with Crippen LogP contribution in [0, 0.1) is 5.82 Å². The van der Waals surface area contributed by atoms with E-state index in [0.29, 0.717) is 19.6 Å². The van der Waals surface area contributed by atoms with Crippen molar-refractivity contribution in [2.45, 2.75) is 25.6 Å². The molecule has 0 spiro atoms. The largest absolute Gasteiger partial charge is 0.464 e. The molecule has 0 aliphatic carbocycles. The van der Waals surface area contributed by atoms with E-state index in [-0.39, 0.29) is 17.6 Å². The van der Waals surface area contributed by atoms with Gasteiger partial charge in [-0.1, -0.05) is 12.1 Å². The van der Waals surface area contributed by atoms with Crippen LogP contribution in [0.3, 0.4) is 0 Å². The van der Waals surface area contributed by atoms with Crippen molar-refractivity contribution in [3.63, 3.8) is 0 Å². The zero-order valence-electron chi connectivity index (χ0n) is 15.6. The number of methoxy groups -OCH3 is 1. The maximum Gasteiger partial charge on any atom is 0.356 e. The van der Waals surface area contributed by atoms with Crippen LogP contribution < -0.4 is 0 Å². The minimum absolute atomic E-state index is 0.261. The van der Waals surface area contributed by atoms with Crippen LogP contribution >= 0.6 is 0 Å². The number of benzene rings is 1. The molecule has 28 heavy (non-hydrogen) atoms. The SMILES string of the molecule is COC(=O)c1cc2c(CN3CC[C@H](O)C3)cn(Cc3ccc(F)cc3)c2cn1.